The topological polar surface area (TPSA) is 79.0 Å². The summed E-state index contributed by atoms with van der Waals surface area (Å²) in [6, 6.07) is 5.41. The summed E-state index contributed by atoms with van der Waals surface area (Å²) in [5.41, 5.74) is 0. The monoisotopic (exact) mass is 193 g/mol. The third-order valence-electron chi connectivity index (χ3n) is 0.629. The smallest absolute Gasteiger partial charge is 0.129 e. The van der Waals surface area contributed by atoms with Crippen molar-refractivity contribution < 1.29 is 8.76 Å². The van der Waals surface area contributed by atoms with Crippen LogP contribution in [0.5, 0.6) is 0 Å². The molecule has 0 saturated carbocycles. The second kappa shape index (κ2) is 6.23. The molecule has 1 aromatic heterocycles. The van der Waals surface area contributed by atoms with Crippen molar-refractivity contribution in [3.05, 3.63) is 29.5 Å². The van der Waals surface area contributed by atoms with Gasteiger partial charge in [0.05, 0.1) is 0 Å². The molecule has 11 heavy (non-hydrogen) atoms. The molecule has 0 bridgehead atoms. The molecule has 6 heteroatoms. The van der Waals surface area contributed by atoms with Gasteiger partial charge in [-0.25, -0.2) is 4.98 Å². The van der Waals surface area contributed by atoms with Crippen molar-refractivity contribution in [2.45, 2.75) is 0 Å². The van der Waals surface area contributed by atoms with Crippen molar-refractivity contribution in [1.82, 2.24) is 4.98 Å². The van der Waals surface area contributed by atoms with E-state index in [0.717, 1.165) is 0 Å². The highest BCUT2D eigenvalue weighted by atomic mass is 35.5. The highest BCUT2D eigenvalue weighted by Gasteiger charge is 1.76. The van der Waals surface area contributed by atoms with Crippen LogP contribution in [-0.2, 0) is 11.3 Å². The van der Waals surface area contributed by atoms with E-state index in [1.807, 2.05) is 12.1 Å². The first-order valence-corrected chi connectivity index (χ1v) is 4.04. The molecule has 0 saturated heterocycles. The van der Waals surface area contributed by atoms with E-state index in [1.54, 1.807) is 12.3 Å². The van der Waals surface area contributed by atoms with Gasteiger partial charge in [0, 0.05) is 17.5 Å². The molecule has 1 aromatic rings. The number of nitrogens with two attached hydrogens (primary N) is 1. The largest absolute Gasteiger partial charge is 0.760 e. The predicted molar refractivity (Wildman–Crippen MR) is 42.4 cm³/mol. The van der Waals surface area contributed by atoms with Crippen LogP contribution in [0.3, 0.4) is 0 Å². The molecule has 2 N–H and O–H groups in total. The van der Waals surface area contributed by atoms with Crippen molar-refractivity contribution in [2.75, 3.05) is 0 Å². The zero-order valence-electron chi connectivity index (χ0n) is 5.44. The van der Waals surface area contributed by atoms with Crippen molar-refractivity contribution in [3.63, 3.8) is 0 Å². The molecule has 62 valence electrons. The molecule has 0 fully saturated rings. The fourth-order valence-electron chi connectivity index (χ4n) is 0.342. The van der Waals surface area contributed by atoms with Crippen LogP contribution in [-0.4, -0.2) is 13.7 Å². The average Bonchev–Trinajstić information content (AvgIpc) is 1.87. The standard InChI is InChI=1S/C5H4ClN.H3NO2S/c6-5-3-1-2-4-7-5;1-4(2)3/h1-4H;1H2,(H,2,3)/p-1. The van der Waals surface area contributed by atoms with E-state index in [0.29, 0.717) is 5.15 Å². The van der Waals surface area contributed by atoms with Crippen molar-refractivity contribution >= 4 is 22.9 Å². The number of pyridine rings is 1. The Balaban J connectivity index is 0.000000218. The SMILES string of the molecule is Clc1ccccn1.NS(=O)[O-]. The summed E-state index contributed by atoms with van der Waals surface area (Å²) in [6.45, 7) is 0. The lowest BCUT2D eigenvalue weighted by molar-refractivity contribution is 0.539. The molecule has 0 aromatic carbocycles. The lowest BCUT2D eigenvalue weighted by Gasteiger charge is -1.85. The minimum atomic E-state index is -2.36. The van der Waals surface area contributed by atoms with E-state index in [9.17, 15) is 0 Å². The predicted octanol–water partition coefficient (Wildman–Crippen LogP) is 0.474. The van der Waals surface area contributed by atoms with E-state index in [-0.39, 0.29) is 0 Å². The van der Waals surface area contributed by atoms with Crippen molar-refractivity contribution in [1.29, 1.82) is 0 Å². The summed E-state index contributed by atoms with van der Waals surface area (Å²) in [6.07, 6.45) is 1.66. The molecule has 1 atom stereocenters. The molecule has 0 aliphatic rings. The molecule has 0 spiro atoms. The van der Waals surface area contributed by atoms with Gasteiger partial charge in [0.2, 0.25) is 0 Å². The fraction of sp³-hybridized carbons (Fsp3) is 0. The summed E-state index contributed by atoms with van der Waals surface area (Å²) in [4.78, 5) is 3.74. The minimum absolute atomic E-state index is 0.544. The molecular weight excluding hydrogens is 188 g/mol. The van der Waals surface area contributed by atoms with Gasteiger partial charge in [0.15, 0.2) is 0 Å². The van der Waals surface area contributed by atoms with Gasteiger partial charge in [0.25, 0.3) is 0 Å². The maximum absolute atomic E-state index is 8.78. The number of rotatable bonds is 0. The van der Waals surface area contributed by atoms with Gasteiger partial charge in [-0.1, -0.05) is 17.7 Å². The maximum atomic E-state index is 8.78. The van der Waals surface area contributed by atoms with Gasteiger partial charge < -0.3 is 4.55 Å². The lowest BCUT2D eigenvalue weighted by atomic mass is 10.5. The molecule has 0 radical (unpaired) electrons. The van der Waals surface area contributed by atoms with Crippen LogP contribution < -0.4 is 5.14 Å². The first-order chi connectivity index (χ1) is 5.13. The molecule has 0 aliphatic heterocycles. The van der Waals surface area contributed by atoms with Crippen LogP contribution in [0.4, 0.5) is 0 Å². The molecular formula is C5H6ClN2O2S-. The number of aromatic nitrogens is 1. The Labute approximate surface area is 71.8 Å². The minimum Gasteiger partial charge on any atom is -0.760 e. The summed E-state index contributed by atoms with van der Waals surface area (Å²) < 4.78 is 17.6. The van der Waals surface area contributed by atoms with E-state index in [4.69, 9.17) is 20.4 Å². The van der Waals surface area contributed by atoms with Gasteiger partial charge in [-0.15, -0.1) is 0 Å². The average molecular weight is 194 g/mol. The fourth-order valence-corrected chi connectivity index (χ4v) is 0.471. The van der Waals surface area contributed by atoms with Crippen LogP contribution in [0.15, 0.2) is 24.4 Å². The van der Waals surface area contributed by atoms with Crippen LogP contribution in [0.2, 0.25) is 5.15 Å². The van der Waals surface area contributed by atoms with Gasteiger partial charge >= 0.3 is 0 Å². The van der Waals surface area contributed by atoms with Crippen LogP contribution in [0.1, 0.15) is 0 Å². The Kier molecular flexibility index (Phi) is 5.96. The number of hydrogen-bond acceptors (Lipinski definition) is 3. The molecule has 4 nitrogen and oxygen atoms in total. The zero-order valence-corrected chi connectivity index (χ0v) is 7.01. The second-order valence-corrected chi connectivity index (χ2v) is 2.32. The van der Waals surface area contributed by atoms with Crippen LogP contribution in [0.25, 0.3) is 0 Å². The van der Waals surface area contributed by atoms with E-state index in [1.165, 1.54) is 0 Å². The van der Waals surface area contributed by atoms with E-state index in [2.05, 4.69) is 10.1 Å². The number of halogens is 1. The van der Waals surface area contributed by atoms with Gasteiger partial charge in [0.1, 0.15) is 5.15 Å². The van der Waals surface area contributed by atoms with E-state index >= 15 is 0 Å². The summed E-state index contributed by atoms with van der Waals surface area (Å²) in [7, 11) is 0. The summed E-state index contributed by atoms with van der Waals surface area (Å²) >= 11 is 3.07. The van der Waals surface area contributed by atoms with Crippen LogP contribution in [0, 0.1) is 0 Å². The Morgan fingerprint density at radius 3 is 2.36 bits per heavy atom. The Morgan fingerprint density at radius 2 is 2.18 bits per heavy atom. The van der Waals surface area contributed by atoms with Gasteiger partial charge in [-0.05, 0) is 12.1 Å². The summed E-state index contributed by atoms with van der Waals surface area (Å²) in [5.74, 6) is 0. The molecule has 0 amide bonds. The molecule has 1 rings (SSSR count). The van der Waals surface area contributed by atoms with Crippen molar-refractivity contribution in [2.24, 2.45) is 5.14 Å². The first-order valence-electron chi connectivity index (χ1n) is 2.53. The number of hydrogen-bond donors (Lipinski definition) is 1. The molecule has 0 aliphatic carbocycles. The highest BCUT2D eigenvalue weighted by Crippen LogP contribution is 1.98. The lowest BCUT2D eigenvalue weighted by Crippen LogP contribution is -1.97. The quantitative estimate of drug-likeness (QED) is 0.481. The summed E-state index contributed by atoms with van der Waals surface area (Å²) in [5, 5.41) is 4.57. The second-order valence-electron chi connectivity index (χ2n) is 1.41. The molecule has 1 unspecified atom stereocenters. The number of nitrogens with zero attached hydrogens (tertiary/aromatic N) is 1. The van der Waals surface area contributed by atoms with Gasteiger partial charge in [-0.2, -0.15) is 0 Å². The Morgan fingerprint density at radius 1 is 1.64 bits per heavy atom. The normalized spacial score (nSPS) is 11.2. The Bertz CT molecular complexity index is 215. The van der Waals surface area contributed by atoms with Crippen LogP contribution >= 0.6 is 11.6 Å². The van der Waals surface area contributed by atoms with E-state index < -0.39 is 11.3 Å². The third-order valence-corrected chi connectivity index (χ3v) is 0.852. The van der Waals surface area contributed by atoms with Crippen molar-refractivity contribution in [3.8, 4) is 0 Å². The molecule has 1 heterocycles. The highest BCUT2D eigenvalue weighted by molar-refractivity contribution is 7.76. The third kappa shape index (κ3) is 9.51. The van der Waals surface area contributed by atoms with Gasteiger partial charge in [-0.3, -0.25) is 9.35 Å². The first kappa shape index (κ1) is 10.5. The maximum Gasteiger partial charge on any atom is 0.129 e. The Hall–Kier alpha value is -0.490. The zero-order chi connectivity index (χ0) is 8.69.